The number of nitrogens with one attached hydrogen (secondary N) is 2. The van der Waals surface area contributed by atoms with Gasteiger partial charge in [-0.2, -0.15) is 0 Å². The van der Waals surface area contributed by atoms with Gasteiger partial charge in [0.25, 0.3) is 5.22 Å². The van der Waals surface area contributed by atoms with E-state index in [4.69, 9.17) is 18.9 Å². The van der Waals surface area contributed by atoms with Crippen LogP contribution in [0.2, 0.25) is 0 Å². The van der Waals surface area contributed by atoms with Crippen molar-refractivity contribution in [3.05, 3.63) is 156 Å². The highest BCUT2D eigenvalue weighted by atomic mass is 32.2. The first-order valence-corrected chi connectivity index (χ1v) is 20.9. The molecule has 0 spiro atoms. The number of rotatable bonds is 17. The molecule has 3 N–H and O–H groups in total. The summed E-state index contributed by atoms with van der Waals surface area (Å²) in [6.07, 6.45) is 2.64. The van der Waals surface area contributed by atoms with Gasteiger partial charge in [0.2, 0.25) is 11.8 Å². The van der Waals surface area contributed by atoms with Crippen molar-refractivity contribution in [1.82, 2.24) is 15.6 Å². The zero-order chi connectivity index (χ0) is 40.1. The molecular weight excluding hydrogens is 747 g/mol. The zero-order valence-corrected chi connectivity index (χ0v) is 33.5. The number of oxazole rings is 1. The molecule has 9 nitrogen and oxygen atoms in total. The van der Waals surface area contributed by atoms with Gasteiger partial charge in [-0.05, 0) is 46.7 Å². The Balaban J connectivity index is 1.02. The summed E-state index contributed by atoms with van der Waals surface area (Å²) in [5.41, 5.74) is 8.66. The number of thioether (sulfide) groups is 1. The Morgan fingerprint density at radius 2 is 1.43 bits per heavy atom. The maximum atomic E-state index is 12.5. The van der Waals surface area contributed by atoms with E-state index >= 15 is 0 Å². The summed E-state index contributed by atoms with van der Waals surface area (Å²) >= 11 is 1.54. The van der Waals surface area contributed by atoms with Crippen molar-refractivity contribution in [2.24, 2.45) is 0 Å². The maximum absolute atomic E-state index is 12.5. The van der Waals surface area contributed by atoms with Crippen LogP contribution in [0.25, 0.3) is 33.7 Å². The van der Waals surface area contributed by atoms with Crippen LogP contribution in [-0.2, 0) is 32.2 Å². The lowest BCUT2D eigenvalue weighted by molar-refractivity contribution is -0.245. The highest BCUT2D eigenvalue weighted by Gasteiger charge is 2.33. The molecule has 3 atom stereocenters. The second-order valence-electron chi connectivity index (χ2n) is 14.4. The highest BCUT2D eigenvalue weighted by Crippen LogP contribution is 2.41. The number of hydrogen-bond donors (Lipinski definition) is 3. The number of carbonyl (C=O) groups excluding carboxylic acids is 2. The summed E-state index contributed by atoms with van der Waals surface area (Å²) < 4.78 is 19.7. The molecule has 1 fully saturated rings. The highest BCUT2D eigenvalue weighted by molar-refractivity contribution is 7.99. The summed E-state index contributed by atoms with van der Waals surface area (Å²) in [5, 5.41) is 16.1. The topological polar surface area (TPSA) is 123 Å². The smallest absolute Gasteiger partial charge is 0.256 e. The average molecular weight is 796 g/mol. The molecule has 0 aliphatic carbocycles. The summed E-state index contributed by atoms with van der Waals surface area (Å²) in [4.78, 5) is 28.4. The fourth-order valence-electron chi connectivity index (χ4n) is 6.96. The van der Waals surface area contributed by atoms with E-state index in [1.165, 1.54) is 18.7 Å². The molecule has 7 rings (SSSR count). The van der Waals surface area contributed by atoms with Gasteiger partial charge in [-0.15, -0.1) is 0 Å². The number of aliphatic hydroxyl groups excluding tert-OH is 1. The summed E-state index contributed by atoms with van der Waals surface area (Å²) in [6, 6.07) is 44.5. The number of unbranched alkanes of at least 4 members (excludes halogenated alkanes) is 2. The van der Waals surface area contributed by atoms with E-state index in [0.717, 1.165) is 75.2 Å². The first kappa shape index (κ1) is 40.7. The lowest BCUT2D eigenvalue weighted by atomic mass is 9.99. The third kappa shape index (κ3) is 11.1. The standard InChI is InChI=1S/C48H49N3O6S/c1-33(53)49-27-10-4-9-18-44(54)50-30-35-12-11-17-41(28-35)36-23-25-40(26-24-36)47-55-42(29-43(56-47)37-21-19-34(31-52)20-22-37)32-58-48-51-45(38-13-5-2-6-14-38)46(57-48)39-15-7-3-8-16-39/h2-3,5-8,11-17,19-26,28,42-43,47,52H,4,9-10,18,27,29-32H2,1H3,(H,49,53)(H,50,54)/t42-,43+,47+/m0/s1. The van der Waals surface area contributed by atoms with E-state index in [0.29, 0.717) is 36.9 Å². The van der Waals surface area contributed by atoms with Gasteiger partial charge in [-0.25, -0.2) is 4.98 Å². The monoisotopic (exact) mass is 795 g/mol. The molecule has 2 heterocycles. The molecule has 2 amide bonds. The number of benzene rings is 5. The Morgan fingerprint density at radius 3 is 2.16 bits per heavy atom. The predicted molar refractivity (Wildman–Crippen MR) is 227 cm³/mol. The van der Waals surface area contributed by atoms with Gasteiger partial charge in [0.15, 0.2) is 12.1 Å². The number of aliphatic hydroxyl groups is 1. The molecule has 1 saturated heterocycles. The van der Waals surface area contributed by atoms with Gasteiger partial charge < -0.3 is 29.6 Å². The van der Waals surface area contributed by atoms with Crippen LogP contribution in [-0.4, -0.2) is 40.3 Å². The van der Waals surface area contributed by atoms with Crippen molar-refractivity contribution in [1.29, 1.82) is 0 Å². The molecule has 58 heavy (non-hydrogen) atoms. The number of amides is 2. The first-order valence-electron chi connectivity index (χ1n) is 19.9. The van der Waals surface area contributed by atoms with E-state index in [-0.39, 0.29) is 30.6 Å². The fourth-order valence-corrected chi connectivity index (χ4v) is 7.80. The second kappa shape index (κ2) is 20.3. The molecule has 6 aromatic rings. The van der Waals surface area contributed by atoms with Crippen LogP contribution in [0.1, 0.15) is 73.7 Å². The number of nitrogens with zero attached hydrogens (tertiary/aromatic N) is 1. The van der Waals surface area contributed by atoms with Crippen LogP contribution in [0.5, 0.6) is 0 Å². The lowest BCUT2D eigenvalue weighted by Crippen LogP contribution is -2.31. The van der Waals surface area contributed by atoms with Gasteiger partial charge in [-0.3, -0.25) is 9.59 Å². The molecule has 1 aliphatic rings. The number of aromatic nitrogens is 1. The van der Waals surface area contributed by atoms with Crippen molar-refractivity contribution in [2.45, 2.75) is 75.9 Å². The van der Waals surface area contributed by atoms with Crippen LogP contribution in [0.4, 0.5) is 0 Å². The van der Waals surface area contributed by atoms with E-state index in [1.807, 2.05) is 109 Å². The van der Waals surface area contributed by atoms with E-state index < -0.39 is 6.29 Å². The molecule has 1 aliphatic heterocycles. The van der Waals surface area contributed by atoms with Gasteiger partial charge in [-0.1, -0.05) is 146 Å². The largest absolute Gasteiger partial charge is 0.431 e. The van der Waals surface area contributed by atoms with Crippen LogP contribution in [0, 0.1) is 0 Å². The van der Waals surface area contributed by atoms with E-state index in [1.54, 1.807) is 0 Å². The number of ether oxygens (including phenoxy) is 2. The fraction of sp³-hybridized carbons (Fsp3) is 0.271. The minimum atomic E-state index is -0.604. The second-order valence-corrected chi connectivity index (χ2v) is 15.4. The Labute approximate surface area is 344 Å². The molecule has 0 bridgehead atoms. The lowest BCUT2D eigenvalue weighted by Gasteiger charge is -2.36. The van der Waals surface area contributed by atoms with Gasteiger partial charge in [0.05, 0.1) is 18.8 Å². The van der Waals surface area contributed by atoms with Gasteiger partial charge >= 0.3 is 0 Å². The molecule has 0 saturated carbocycles. The normalized spacial score (nSPS) is 16.5. The van der Waals surface area contributed by atoms with Crippen molar-refractivity contribution in [2.75, 3.05) is 12.3 Å². The predicted octanol–water partition coefficient (Wildman–Crippen LogP) is 9.82. The molecule has 298 valence electrons. The van der Waals surface area contributed by atoms with Gasteiger partial charge in [0, 0.05) is 55.3 Å². The Hall–Kier alpha value is -5.52. The van der Waals surface area contributed by atoms with Crippen molar-refractivity contribution >= 4 is 23.6 Å². The first-order chi connectivity index (χ1) is 28.4. The Morgan fingerprint density at radius 1 is 0.724 bits per heavy atom. The minimum Gasteiger partial charge on any atom is -0.431 e. The van der Waals surface area contributed by atoms with Crippen LogP contribution in [0.3, 0.4) is 0 Å². The number of carbonyl (C=O) groups is 2. The van der Waals surface area contributed by atoms with Crippen molar-refractivity contribution < 1.29 is 28.6 Å². The van der Waals surface area contributed by atoms with Crippen molar-refractivity contribution in [3.63, 3.8) is 0 Å². The summed E-state index contributed by atoms with van der Waals surface area (Å²) in [7, 11) is 0. The zero-order valence-electron chi connectivity index (χ0n) is 32.6. The molecule has 5 aromatic carbocycles. The SMILES string of the molecule is CC(=O)NCCCCCC(=O)NCc1cccc(-c2ccc([C@@H]3O[C@H](CSc4nc(-c5ccccc5)c(-c5ccccc5)o4)C[C@H](c4ccc(CO)cc4)O3)cc2)c1. The molecule has 0 unspecified atom stereocenters. The Kier molecular flexibility index (Phi) is 14.2. The van der Waals surface area contributed by atoms with E-state index in [2.05, 4.69) is 34.9 Å². The van der Waals surface area contributed by atoms with Crippen molar-refractivity contribution in [3.8, 4) is 33.7 Å². The van der Waals surface area contributed by atoms with Crippen LogP contribution < -0.4 is 10.6 Å². The maximum Gasteiger partial charge on any atom is 0.256 e. The third-order valence-corrected chi connectivity index (χ3v) is 11.0. The number of hydrogen-bond acceptors (Lipinski definition) is 8. The molecular formula is C48H49N3O6S. The molecule has 10 heteroatoms. The Bertz CT molecular complexity index is 2170. The van der Waals surface area contributed by atoms with Crippen LogP contribution in [0.15, 0.2) is 143 Å². The average Bonchev–Trinajstić information content (AvgIpc) is 3.71. The third-order valence-electron chi connectivity index (χ3n) is 10.1. The molecule has 1 aromatic heterocycles. The van der Waals surface area contributed by atoms with Crippen LogP contribution >= 0.6 is 11.8 Å². The van der Waals surface area contributed by atoms with Gasteiger partial charge in [0.1, 0.15) is 5.69 Å². The minimum absolute atomic E-state index is 0.0180. The quantitative estimate of drug-likeness (QED) is 0.0616. The molecule has 0 radical (unpaired) electrons. The summed E-state index contributed by atoms with van der Waals surface area (Å²) in [5.74, 6) is 1.34. The summed E-state index contributed by atoms with van der Waals surface area (Å²) in [6.45, 7) is 2.59. The van der Waals surface area contributed by atoms with E-state index in [9.17, 15) is 14.7 Å².